The van der Waals surface area contributed by atoms with E-state index >= 15 is 0 Å². The molecule has 2 aromatic carbocycles. The van der Waals surface area contributed by atoms with Crippen LogP contribution in [0.15, 0.2) is 42.5 Å². The summed E-state index contributed by atoms with van der Waals surface area (Å²) in [4.78, 5) is 4.63. The molecule has 0 aliphatic rings. The van der Waals surface area contributed by atoms with Gasteiger partial charge in [-0.15, -0.1) is 0 Å². The maximum atomic E-state index is 9.46. The van der Waals surface area contributed by atoms with Gasteiger partial charge < -0.3 is 20.7 Å². The predicted molar refractivity (Wildman–Crippen MR) is 122 cm³/mol. The lowest BCUT2D eigenvalue weighted by molar-refractivity contribution is 0.415. The first kappa shape index (κ1) is 20.4. The Morgan fingerprint density at radius 2 is 1.83 bits per heavy atom. The van der Waals surface area contributed by atoms with Crippen molar-refractivity contribution in [1.82, 2.24) is 10.3 Å². The molecule has 3 rings (SSSR count). The molecule has 29 heavy (non-hydrogen) atoms. The molecule has 0 aliphatic carbocycles. The Labute approximate surface area is 175 Å². The van der Waals surface area contributed by atoms with Crippen molar-refractivity contribution in [2.45, 2.75) is 13.8 Å². The van der Waals surface area contributed by atoms with Gasteiger partial charge >= 0.3 is 0 Å². The third kappa shape index (κ3) is 5.12. The Morgan fingerprint density at radius 1 is 1.10 bits per heavy atom. The number of rotatable bonds is 6. The van der Waals surface area contributed by atoms with E-state index in [0.717, 1.165) is 22.3 Å². The van der Waals surface area contributed by atoms with Gasteiger partial charge in [0.05, 0.1) is 18.2 Å². The summed E-state index contributed by atoms with van der Waals surface area (Å²) >= 11 is 5.32. The normalized spacial score (nSPS) is 10.3. The van der Waals surface area contributed by atoms with Gasteiger partial charge in [0.25, 0.3) is 0 Å². The van der Waals surface area contributed by atoms with Crippen molar-refractivity contribution in [3.63, 3.8) is 0 Å². The monoisotopic (exact) mass is 405 g/mol. The number of anilines is 2. The lowest BCUT2D eigenvalue weighted by atomic mass is 10.0. The number of hydrogen-bond donors (Lipinski definition) is 3. The van der Waals surface area contributed by atoms with Gasteiger partial charge in [-0.3, -0.25) is 0 Å². The van der Waals surface area contributed by atoms with Crippen LogP contribution in [-0.2, 0) is 0 Å². The number of nitriles is 1. The molecule has 3 aromatic rings. The summed E-state index contributed by atoms with van der Waals surface area (Å²) in [6.45, 7) is 5.27. The first-order valence-electron chi connectivity index (χ1n) is 9.25. The number of methoxy groups -OCH3 is 1. The van der Waals surface area contributed by atoms with Gasteiger partial charge in [-0.2, -0.15) is 5.26 Å². The van der Waals surface area contributed by atoms with Crippen molar-refractivity contribution < 1.29 is 4.74 Å². The zero-order valence-electron chi connectivity index (χ0n) is 16.7. The van der Waals surface area contributed by atoms with E-state index < -0.39 is 0 Å². The van der Waals surface area contributed by atoms with E-state index in [-0.39, 0.29) is 0 Å². The Morgan fingerprint density at radius 3 is 2.52 bits per heavy atom. The van der Waals surface area contributed by atoms with E-state index in [2.05, 4.69) is 46.9 Å². The molecule has 0 fully saturated rings. The minimum atomic E-state index is 0.523. The molecule has 6 nitrogen and oxygen atoms in total. The second-order valence-electron chi connectivity index (χ2n) is 6.66. The quantitative estimate of drug-likeness (QED) is 0.420. The summed E-state index contributed by atoms with van der Waals surface area (Å²) < 4.78 is 5.14. The molecular weight excluding hydrogens is 382 g/mol. The van der Waals surface area contributed by atoms with E-state index in [1.165, 1.54) is 11.1 Å². The molecule has 0 atom stereocenters. The Bertz CT molecular complexity index is 1070. The summed E-state index contributed by atoms with van der Waals surface area (Å²) in [6.07, 6.45) is 0. The van der Waals surface area contributed by atoms with Crippen LogP contribution in [0.5, 0.6) is 5.75 Å². The fourth-order valence-corrected chi connectivity index (χ4v) is 3.09. The predicted octanol–water partition coefficient (Wildman–Crippen LogP) is 4.13. The zero-order chi connectivity index (χ0) is 20.8. The number of fused-ring (bicyclic) bond motifs is 1. The van der Waals surface area contributed by atoms with E-state index in [4.69, 9.17) is 17.0 Å². The van der Waals surface area contributed by atoms with Crippen LogP contribution in [0.2, 0.25) is 0 Å². The van der Waals surface area contributed by atoms with E-state index in [1.54, 1.807) is 7.11 Å². The van der Waals surface area contributed by atoms with Crippen LogP contribution in [0.25, 0.3) is 10.9 Å². The van der Waals surface area contributed by atoms with Crippen molar-refractivity contribution >= 4 is 39.7 Å². The summed E-state index contributed by atoms with van der Waals surface area (Å²) in [6, 6.07) is 15.7. The van der Waals surface area contributed by atoms with Crippen molar-refractivity contribution in [1.29, 1.82) is 5.26 Å². The zero-order valence-corrected chi connectivity index (χ0v) is 17.5. The molecule has 0 saturated carbocycles. The second kappa shape index (κ2) is 9.22. The minimum absolute atomic E-state index is 0.523. The number of nitrogens with one attached hydrogen (secondary N) is 3. The SMILES string of the molecule is COc1ccc(NC(=S)NCCNc2nc3cc(C)c(C)cc3cc2C#N)cc1. The summed E-state index contributed by atoms with van der Waals surface area (Å²) in [5.41, 5.74) is 4.65. The van der Waals surface area contributed by atoms with Crippen molar-refractivity contribution in [3.8, 4) is 11.8 Å². The van der Waals surface area contributed by atoms with Crippen LogP contribution >= 0.6 is 12.2 Å². The number of hydrogen-bond acceptors (Lipinski definition) is 5. The van der Waals surface area contributed by atoms with Crippen LogP contribution in [0.1, 0.15) is 16.7 Å². The second-order valence-corrected chi connectivity index (χ2v) is 7.07. The molecule has 3 N–H and O–H groups in total. The minimum Gasteiger partial charge on any atom is -0.497 e. The first-order valence-corrected chi connectivity index (χ1v) is 9.66. The molecule has 0 bridgehead atoms. The van der Waals surface area contributed by atoms with Gasteiger partial charge in [0.15, 0.2) is 5.11 Å². The van der Waals surface area contributed by atoms with Crippen LogP contribution in [0, 0.1) is 25.2 Å². The lowest BCUT2D eigenvalue weighted by Crippen LogP contribution is -2.32. The third-order valence-electron chi connectivity index (χ3n) is 4.60. The average molecular weight is 406 g/mol. The first-order chi connectivity index (χ1) is 14.0. The van der Waals surface area contributed by atoms with Gasteiger partial charge in [-0.1, -0.05) is 0 Å². The van der Waals surface area contributed by atoms with Crippen molar-refractivity contribution in [3.05, 3.63) is 59.2 Å². The summed E-state index contributed by atoms with van der Waals surface area (Å²) in [7, 11) is 1.63. The average Bonchev–Trinajstić information content (AvgIpc) is 2.72. The smallest absolute Gasteiger partial charge is 0.170 e. The number of benzene rings is 2. The molecule has 7 heteroatoms. The molecule has 0 unspecified atom stereocenters. The molecule has 148 valence electrons. The fraction of sp³-hybridized carbons (Fsp3) is 0.227. The maximum absolute atomic E-state index is 9.46. The van der Waals surface area contributed by atoms with Crippen LogP contribution in [0.4, 0.5) is 11.5 Å². The van der Waals surface area contributed by atoms with E-state index in [1.807, 2.05) is 36.4 Å². The van der Waals surface area contributed by atoms with Gasteiger partial charge in [-0.25, -0.2) is 4.98 Å². The standard InChI is InChI=1S/C22H23N5OS/c1-14-10-16-12-17(13-23)21(27-20(16)11-15(14)2)24-8-9-25-22(29)26-18-4-6-19(28-3)7-5-18/h4-7,10-12H,8-9H2,1-3H3,(H,24,27)(H2,25,26,29). The Kier molecular flexibility index (Phi) is 6.47. The third-order valence-corrected chi connectivity index (χ3v) is 4.85. The van der Waals surface area contributed by atoms with Gasteiger partial charge in [0.1, 0.15) is 17.6 Å². The molecule has 1 heterocycles. The molecule has 0 aliphatic heterocycles. The summed E-state index contributed by atoms with van der Waals surface area (Å²) in [5, 5.41) is 20.4. The molecule has 1 aromatic heterocycles. The maximum Gasteiger partial charge on any atom is 0.170 e. The lowest BCUT2D eigenvalue weighted by Gasteiger charge is -2.13. The van der Waals surface area contributed by atoms with Gasteiger partial charge in [0, 0.05) is 24.2 Å². The van der Waals surface area contributed by atoms with Gasteiger partial charge in [-0.05, 0) is 79.7 Å². The van der Waals surface area contributed by atoms with E-state index in [0.29, 0.717) is 29.6 Å². The molecule has 0 amide bonds. The molecule has 0 radical (unpaired) electrons. The van der Waals surface area contributed by atoms with Crippen molar-refractivity contribution in [2.24, 2.45) is 0 Å². The number of ether oxygens (including phenoxy) is 1. The van der Waals surface area contributed by atoms with Gasteiger partial charge in [0.2, 0.25) is 0 Å². The van der Waals surface area contributed by atoms with Crippen molar-refractivity contribution in [2.75, 3.05) is 30.8 Å². The number of aryl methyl sites for hydroxylation is 2. The largest absolute Gasteiger partial charge is 0.497 e. The Hall–Kier alpha value is -3.37. The topological polar surface area (TPSA) is 82.0 Å². The number of thiocarbonyl (C=S) groups is 1. The highest BCUT2D eigenvalue weighted by atomic mass is 32.1. The number of aromatic nitrogens is 1. The molecule has 0 spiro atoms. The van der Waals surface area contributed by atoms with E-state index in [9.17, 15) is 5.26 Å². The molecule has 0 saturated heterocycles. The highest BCUT2D eigenvalue weighted by Gasteiger charge is 2.08. The molecular formula is C22H23N5OS. The van der Waals surface area contributed by atoms with Crippen LogP contribution < -0.4 is 20.7 Å². The number of nitrogens with zero attached hydrogens (tertiary/aromatic N) is 2. The highest BCUT2D eigenvalue weighted by molar-refractivity contribution is 7.80. The fourth-order valence-electron chi connectivity index (χ4n) is 2.87. The Balaban J connectivity index is 1.56. The number of pyridine rings is 1. The highest BCUT2D eigenvalue weighted by Crippen LogP contribution is 2.23. The van der Waals surface area contributed by atoms with Crippen LogP contribution in [-0.4, -0.2) is 30.3 Å². The summed E-state index contributed by atoms with van der Waals surface area (Å²) in [5.74, 6) is 1.37. The van der Waals surface area contributed by atoms with Crippen LogP contribution in [0.3, 0.4) is 0 Å².